The van der Waals surface area contributed by atoms with E-state index in [9.17, 15) is 14.9 Å². The van der Waals surface area contributed by atoms with E-state index in [1.165, 1.54) is 24.5 Å². The molecular weight excluding hydrogens is 478 g/mol. The summed E-state index contributed by atoms with van der Waals surface area (Å²) >= 11 is 1.28. The largest absolute Gasteiger partial charge is 0.494 e. The number of hydrogen-bond acceptors (Lipinski definition) is 8. The van der Waals surface area contributed by atoms with Crippen molar-refractivity contribution in [3.05, 3.63) is 83.4 Å². The highest BCUT2D eigenvalue weighted by molar-refractivity contribution is 7.22. The molecule has 4 rings (SSSR count). The van der Waals surface area contributed by atoms with E-state index >= 15 is 0 Å². The zero-order valence-corrected chi connectivity index (χ0v) is 20.3. The van der Waals surface area contributed by atoms with Gasteiger partial charge in [0.1, 0.15) is 17.4 Å². The van der Waals surface area contributed by atoms with Crippen LogP contribution >= 0.6 is 11.3 Å². The van der Waals surface area contributed by atoms with Crippen LogP contribution in [0.15, 0.2) is 72.3 Å². The van der Waals surface area contributed by atoms with Crippen LogP contribution in [0.3, 0.4) is 0 Å². The van der Waals surface area contributed by atoms with Gasteiger partial charge in [-0.25, -0.2) is 9.78 Å². The number of carbonyl (C=O) groups excluding carboxylic acids is 2. The number of carbonyl (C=O) groups is 2. The SMILES string of the molecule is CCOc1ccc2nc(NC(=O)C(C#N)=Cc3ccc(OC(=O)c4ccccc4)c(OC)c3)sc2c1. The minimum atomic E-state index is -0.597. The Balaban J connectivity index is 1.51. The van der Waals surface area contributed by atoms with Crippen molar-refractivity contribution < 1.29 is 23.8 Å². The molecule has 0 radical (unpaired) electrons. The predicted octanol–water partition coefficient (Wildman–Crippen LogP) is 5.47. The molecule has 1 amide bonds. The third-order valence-electron chi connectivity index (χ3n) is 4.97. The first-order valence-corrected chi connectivity index (χ1v) is 11.7. The van der Waals surface area contributed by atoms with Crippen molar-refractivity contribution >= 4 is 44.6 Å². The summed E-state index contributed by atoms with van der Waals surface area (Å²) in [7, 11) is 1.44. The lowest BCUT2D eigenvalue weighted by Crippen LogP contribution is -2.13. The van der Waals surface area contributed by atoms with Gasteiger partial charge in [0.05, 0.1) is 29.5 Å². The normalized spacial score (nSPS) is 11.0. The van der Waals surface area contributed by atoms with Gasteiger partial charge in [0.15, 0.2) is 16.6 Å². The van der Waals surface area contributed by atoms with Crippen LogP contribution in [0.25, 0.3) is 16.3 Å². The summed E-state index contributed by atoms with van der Waals surface area (Å²) in [5, 5.41) is 12.6. The van der Waals surface area contributed by atoms with Crippen molar-refractivity contribution in [3.63, 3.8) is 0 Å². The van der Waals surface area contributed by atoms with E-state index in [4.69, 9.17) is 14.2 Å². The molecule has 1 aromatic heterocycles. The molecule has 1 heterocycles. The second-order valence-corrected chi connectivity index (χ2v) is 8.40. The van der Waals surface area contributed by atoms with Gasteiger partial charge in [-0.15, -0.1) is 0 Å². The summed E-state index contributed by atoms with van der Waals surface area (Å²) in [5.74, 6) is 0.0870. The fraction of sp³-hybridized carbons (Fsp3) is 0.111. The number of nitrogens with zero attached hydrogens (tertiary/aromatic N) is 2. The van der Waals surface area contributed by atoms with Crippen LogP contribution in [0.1, 0.15) is 22.8 Å². The van der Waals surface area contributed by atoms with Gasteiger partial charge in [-0.3, -0.25) is 10.1 Å². The zero-order chi connectivity index (χ0) is 25.5. The molecule has 9 heteroatoms. The monoisotopic (exact) mass is 499 g/mol. The molecule has 0 aliphatic heterocycles. The summed E-state index contributed by atoms with van der Waals surface area (Å²) < 4.78 is 17.1. The number of nitriles is 1. The molecule has 8 nitrogen and oxygen atoms in total. The number of esters is 1. The molecule has 180 valence electrons. The van der Waals surface area contributed by atoms with Crippen LogP contribution in [-0.4, -0.2) is 30.6 Å². The fourth-order valence-corrected chi connectivity index (χ4v) is 4.18. The van der Waals surface area contributed by atoms with Crippen molar-refractivity contribution in [1.29, 1.82) is 5.26 Å². The van der Waals surface area contributed by atoms with Crippen molar-refractivity contribution in [2.45, 2.75) is 6.92 Å². The quantitative estimate of drug-likeness (QED) is 0.148. The molecule has 0 fully saturated rings. The Morgan fingerprint density at radius 2 is 1.89 bits per heavy atom. The lowest BCUT2D eigenvalue weighted by Gasteiger charge is -2.10. The number of rotatable bonds is 8. The number of aromatic nitrogens is 1. The Labute approximate surface area is 211 Å². The molecule has 0 aliphatic carbocycles. The van der Waals surface area contributed by atoms with E-state index in [-0.39, 0.29) is 17.1 Å². The second kappa shape index (κ2) is 11.2. The predicted molar refractivity (Wildman–Crippen MR) is 137 cm³/mol. The smallest absolute Gasteiger partial charge is 0.343 e. The van der Waals surface area contributed by atoms with Gasteiger partial charge in [-0.1, -0.05) is 35.6 Å². The molecule has 3 aromatic carbocycles. The number of amides is 1. The average Bonchev–Trinajstić information content (AvgIpc) is 3.30. The van der Waals surface area contributed by atoms with Crippen LogP contribution in [0.5, 0.6) is 17.2 Å². The van der Waals surface area contributed by atoms with Gasteiger partial charge in [-0.2, -0.15) is 5.26 Å². The van der Waals surface area contributed by atoms with Gasteiger partial charge >= 0.3 is 5.97 Å². The van der Waals surface area contributed by atoms with Crippen LogP contribution in [-0.2, 0) is 4.79 Å². The van der Waals surface area contributed by atoms with Crippen molar-refractivity contribution in [1.82, 2.24) is 4.98 Å². The molecule has 1 N–H and O–H groups in total. The summed E-state index contributed by atoms with van der Waals surface area (Å²) in [6.07, 6.45) is 1.42. The maximum Gasteiger partial charge on any atom is 0.343 e. The number of ether oxygens (including phenoxy) is 3. The average molecular weight is 500 g/mol. The maximum absolute atomic E-state index is 12.8. The Morgan fingerprint density at radius 3 is 2.61 bits per heavy atom. The zero-order valence-electron chi connectivity index (χ0n) is 19.5. The summed E-state index contributed by atoms with van der Waals surface area (Å²) in [5.41, 5.74) is 1.51. The molecule has 0 saturated heterocycles. The minimum absolute atomic E-state index is 0.125. The Hall–Kier alpha value is -4.68. The van der Waals surface area contributed by atoms with Crippen LogP contribution < -0.4 is 19.5 Å². The number of thiazole rings is 1. The number of methoxy groups -OCH3 is 1. The summed E-state index contributed by atoms with van der Waals surface area (Å²) in [6, 6.07) is 20.7. The van der Waals surface area contributed by atoms with Crippen LogP contribution in [0, 0.1) is 11.3 Å². The number of anilines is 1. The molecule has 0 unspecified atom stereocenters. The number of hydrogen-bond donors (Lipinski definition) is 1. The number of nitrogens with one attached hydrogen (secondary N) is 1. The molecule has 0 bridgehead atoms. The molecule has 36 heavy (non-hydrogen) atoms. The molecule has 0 aliphatic rings. The van der Waals surface area contributed by atoms with Gasteiger partial charge in [0.25, 0.3) is 5.91 Å². The van der Waals surface area contributed by atoms with Crippen molar-refractivity contribution in [2.75, 3.05) is 19.0 Å². The molecule has 4 aromatic rings. The Kier molecular flexibility index (Phi) is 7.58. The van der Waals surface area contributed by atoms with Gasteiger partial charge in [-0.05, 0) is 61.0 Å². The molecular formula is C27H21N3O5S. The molecule has 0 spiro atoms. The van der Waals surface area contributed by atoms with E-state index in [0.717, 1.165) is 10.4 Å². The highest BCUT2D eigenvalue weighted by Crippen LogP contribution is 2.31. The molecule has 0 atom stereocenters. The summed E-state index contributed by atoms with van der Waals surface area (Å²) in [4.78, 5) is 29.5. The van der Waals surface area contributed by atoms with Crippen molar-refractivity contribution in [2.24, 2.45) is 0 Å². The third kappa shape index (κ3) is 5.68. The number of fused-ring (bicyclic) bond motifs is 1. The first kappa shape index (κ1) is 24.4. The van der Waals surface area contributed by atoms with Gasteiger partial charge < -0.3 is 14.2 Å². The molecule has 0 saturated carbocycles. The van der Waals surface area contributed by atoms with E-state index in [1.807, 2.05) is 31.2 Å². The number of benzene rings is 3. The van der Waals surface area contributed by atoms with Crippen LogP contribution in [0.4, 0.5) is 5.13 Å². The van der Waals surface area contributed by atoms with E-state index in [0.29, 0.717) is 28.4 Å². The first-order chi connectivity index (χ1) is 17.5. The maximum atomic E-state index is 12.8. The van der Waals surface area contributed by atoms with Gasteiger partial charge in [0, 0.05) is 0 Å². The standard InChI is InChI=1S/C27H21N3O5S/c1-3-34-20-10-11-21-24(15-20)36-27(29-21)30-25(31)19(16-28)13-17-9-12-22(23(14-17)33-2)35-26(32)18-7-5-4-6-8-18/h4-15H,3H2,1-2H3,(H,29,30,31). The topological polar surface area (TPSA) is 111 Å². The highest BCUT2D eigenvalue weighted by Gasteiger charge is 2.15. The minimum Gasteiger partial charge on any atom is -0.494 e. The van der Waals surface area contributed by atoms with E-state index < -0.39 is 11.9 Å². The van der Waals surface area contributed by atoms with Crippen molar-refractivity contribution in [3.8, 4) is 23.3 Å². The van der Waals surface area contributed by atoms with Crippen LogP contribution in [0.2, 0.25) is 0 Å². The Bertz CT molecular complexity index is 1490. The fourth-order valence-electron chi connectivity index (χ4n) is 3.29. The highest BCUT2D eigenvalue weighted by atomic mass is 32.1. The first-order valence-electron chi connectivity index (χ1n) is 10.9. The lowest BCUT2D eigenvalue weighted by atomic mass is 10.1. The second-order valence-electron chi connectivity index (χ2n) is 7.37. The van der Waals surface area contributed by atoms with E-state index in [2.05, 4.69) is 10.3 Å². The Morgan fingerprint density at radius 1 is 1.08 bits per heavy atom. The van der Waals surface area contributed by atoms with Gasteiger partial charge in [0.2, 0.25) is 0 Å². The summed E-state index contributed by atoms with van der Waals surface area (Å²) in [6.45, 7) is 2.45. The third-order valence-corrected chi connectivity index (χ3v) is 5.90. The lowest BCUT2D eigenvalue weighted by molar-refractivity contribution is -0.112. The van der Waals surface area contributed by atoms with E-state index in [1.54, 1.807) is 48.5 Å².